The monoisotopic (exact) mass is 488 g/mol. The Balaban J connectivity index is 1.85. The summed E-state index contributed by atoms with van der Waals surface area (Å²) in [5, 5.41) is 15.1. The van der Waals surface area contributed by atoms with Crippen molar-refractivity contribution in [2.24, 2.45) is 5.14 Å². The lowest BCUT2D eigenvalue weighted by atomic mass is 10.1. The summed E-state index contributed by atoms with van der Waals surface area (Å²) in [5.41, 5.74) is 0.959. The number of fused-ring (bicyclic) bond motifs is 1. The van der Waals surface area contributed by atoms with Gasteiger partial charge in [-0.25, -0.2) is 13.2 Å². The molecule has 3 rings (SSSR count). The Morgan fingerprint density at radius 2 is 2.19 bits per heavy atom. The predicted octanol–water partition coefficient (Wildman–Crippen LogP) is 2.62. The molecule has 0 bridgehead atoms. The van der Waals surface area contributed by atoms with Gasteiger partial charge in [-0.2, -0.15) is 4.31 Å². The summed E-state index contributed by atoms with van der Waals surface area (Å²) in [6.45, 7) is 1.82. The third kappa shape index (κ3) is 4.93. The number of ether oxygens (including phenoxy) is 1. The molecule has 1 aromatic carbocycles. The van der Waals surface area contributed by atoms with E-state index in [-0.39, 0.29) is 29.7 Å². The van der Waals surface area contributed by atoms with Crippen molar-refractivity contribution >= 4 is 39.4 Å². The van der Waals surface area contributed by atoms with Crippen molar-refractivity contribution < 1.29 is 27.9 Å². The topological polar surface area (TPSA) is 145 Å². The first-order valence-electron chi connectivity index (χ1n) is 8.98. The van der Waals surface area contributed by atoms with Gasteiger partial charge >= 0.3 is 6.09 Å². The Bertz CT molecular complexity index is 1090. The minimum Gasteiger partial charge on any atom is -0.410 e. The van der Waals surface area contributed by atoms with Gasteiger partial charge in [-0.1, -0.05) is 12.1 Å². The number of sulfonamides is 1. The highest BCUT2D eigenvalue weighted by Crippen LogP contribution is 2.42. The van der Waals surface area contributed by atoms with Crippen LogP contribution in [0.4, 0.5) is 4.79 Å². The number of benzene rings is 1. The normalized spacial score (nSPS) is 17.6. The highest BCUT2D eigenvalue weighted by Gasteiger charge is 2.41. The van der Waals surface area contributed by atoms with Gasteiger partial charge in [-0.15, -0.1) is 21.5 Å². The molecule has 11 nitrogen and oxygen atoms in total. The number of carbonyl (C=O) groups is 1. The van der Waals surface area contributed by atoms with Crippen LogP contribution < -0.4 is 9.88 Å². The molecule has 2 heterocycles. The van der Waals surface area contributed by atoms with Gasteiger partial charge in [-0.3, -0.25) is 10.0 Å². The van der Waals surface area contributed by atoms with Gasteiger partial charge in [0.15, 0.2) is 0 Å². The maximum absolute atomic E-state index is 12.9. The SMILES string of the molecule is CCN(C(=O)Oc1cccc(CO[N+](=O)[O-])c1)C1CN(C)S(=O)(=O)c2sc(SN)cc21. The number of hydrogen-bond acceptors (Lipinski definition) is 10. The summed E-state index contributed by atoms with van der Waals surface area (Å²) in [7, 11) is -2.20. The quantitative estimate of drug-likeness (QED) is 0.353. The van der Waals surface area contributed by atoms with Gasteiger partial charge in [0, 0.05) is 25.7 Å². The lowest BCUT2D eigenvalue weighted by molar-refractivity contribution is -0.763. The summed E-state index contributed by atoms with van der Waals surface area (Å²) < 4.78 is 32.8. The average Bonchev–Trinajstić information content (AvgIpc) is 3.17. The van der Waals surface area contributed by atoms with Crippen LogP contribution in [-0.4, -0.2) is 48.9 Å². The Hall–Kier alpha value is -2.39. The van der Waals surface area contributed by atoms with E-state index in [1.54, 1.807) is 25.1 Å². The largest absolute Gasteiger partial charge is 0.415 e. The first-order chi connectivity index (χ1) is 14.7. The van der Waals surface area contributed by atoms with Crippen molar-refractivity contribution in [2.45, 2.75) is 28.0 Å². The number of rotatable bonds is 7. The molecule has 2 aromatic rings. The van der Waals surface area contributed by atoms with Crippen LogP contribution in [0, 0.1) is 10.1 Å². The summed E-state index contributed by atoms with van der Waals surface area (Å²) in [5.74, 6) is 0.188. The second-order valence-electron chi connectivity index (χ2n) is 6.53. The van der Waals surface area contributed by atoms with E-state index in [4.69, 9.17) is 9.88 Å². The highest BCUT2D eigenvalue weighted by atomic mass is 32.3. The molecule has 2 N–H and O–H groups in total. The molecule has 1 aliphatic rings. The van der Waals surface area contributed by atoms with Gasteiger partial charge in [0.2, 0.25) is 0 Å². The number of nitrogens with two attached hydrogens (primary N) is 1. The number of hydrogen-bond donors (Lipinski definition) is 1. The third-order valence-corrected chi connectivity index (χ3v) is 8.83. The van der Waals surface area contributed by atoms with Gasteiger partial charge in [-0.05, 0) is 42.6 Å². The van der Waals surface area contributed by atoms with Crippen molar-refractivity contribution in [1.82, 2.24) is 9.21 Å². The molecule has 0 saturated carbocycles. The predicted molar refractivity (Wildman–Crippen MR) is 114 cm³/mol. The molecule has 1 aromatic heterocycles. The molecule has 0 fully saturated rings. The number of likely N-dealkylation sites (N-methyl/N-ethyl adjacent to an activating group) is 2. The maximum Gasteiger partial charge on any atom is 0.415 e. The van der Waals surface area contributed by atoms with E-state index in [1.165, 1.54) is 28.4 Å². The van der Waals surface area contributed by atoms with Crippen LogP contribution in [0.25, 0.3) is 0 Å². The number of carbonyl (C=O) groups excluding carboxylic acids is 1. The second kappa shape index (κ2) is 9.40. The zero-order valence-electron chi connectivity index (χ0n) is 16.6. The van der Waals surface area contributed by atoms with Gasteiger partial charge in [0.25, 0.3) is 15.1 Å². The summed E-state index contributed by atoms with van der Waals surface area (Å²) in [6.07, 6.45) is -0.674. The summed E-state index contributed by atoms with van der Waals surface area (Å²) >= 11 is 2.01. The molecule has 31 heavy (non-hydrogen) atoms. The summed E-state index contributed by atoms with van der Waals surface area (Å²) in [6, 6.07) is 7.32. The van der Waals surface area contributed by atoms with Crippen molar-refractivity contribution in [3.05, 3.63) is 51.6 Å². The molecule has 1 unspecified atom stereocenters. The van der Waals surface area contributed by atoms with Crippen LogP contribution in [0.3, 0.4) is 0 Å². The molecule has 1 aliphatic heterocycles. The van der Waals surface area contributed by atoms with E-state index in [1.807, 2.05) is 0 Å². The zero-order chi connectivity index (χ0) is 22.8. The smallest absolute Gasteiger partial charge is 0.410 e. The number of thiophene rings is 1. The van der Waals surface area contributed by atoms with Gasteiger partial charge < -0.3 is 9.57 Å². The number of amides is 1. The van der Waals surface area contributed by atoms with E-state index >= 15 is 0 Å². The Kier molecular flexibility index (Phi) is 7.06. The lowest BCUT2D eigenvalue weighted by Crippen LogP contribution is -2.46. The van der Waals surface area contributed by atoms with Crippen molar-refractivity contribution in [2.75, 3.05) is 20.1 Å². The van der Waals surface area contributed by atoms with E-state index in [0.29, 0.717) is 15.3 Å². The van der Waals surface area contributed by atoms with Crippen LogP contribution in [0.5, 0.6) is 5.75 Å². The first kappa shape index (κ1) is 23.3. The van der Waals surface area contributed by atoms with E-state index < -0.39 is 27.2 Å². The Morgan fingerprint density at radius 1 is 1.45 bits per heavy atom. The molecule has 0 spiro atoms. The Labute approximate surface area is 187 Å². The van der Waals surface area contributed by atoms with Crippen molar-refractivity contribution in [3.63, 3.8) is 0 Å². The van der Waals surface area contributed by atoms with Crippen molar-refractivity contribution in [3.8, 4) is 5.75 Å². The van der Waals surface area contributed by atoms with E-state index in [9.17, 15) is 23.3 Å². The first-order valence-corrected chi connectivity index (χ1v) is 12.1. The lowest BCUT2D eigenvalue weighted by Gasteiger charge is -2.36. The fourth-order valence-electron chi connectivity index (χ4n) is 3.17. The molecule has 1 amide bonds. The molecule has 14 heteroatoms. The van der Waals surface area contributed by atoms with E-state index in [2.05, 4.69) is 4.84 Å². The van der Waals surface area contributed by atoms with Crippen molar-refractivity contribution in [1.29, 1.82) is 0 Å². The van der Waals surface area contributed by atoms with Gasteiger partial charge in [0.05, 0.1) is 10.3 Å². The maximum atomic E-state index is 12.9. The van der Waals surface area contributed by atoms with Crippen LogP contribution >= 0.6 is 23.3 Å². The standard InChI is InChI=1S/C17H20N4O7S3/c1-3-20(17(22)28-12-6-4-5-11(7-12)10-27-21(23)24)14-9-19(2)31(25,26)16-13(14)8-15(29-16)30-18/h4-8,14H,3,9-10,18H2,1-2H3. The minimum absolute atomic E-state index is 0.0698. The molecular formula is C17H20N4O7S3. The fraction of sp³-hybridized carbons (Fsp3) is 0.353. The molecule has 0 saturated heterocycles. The minimum atomic E-state index is -3.65. The molecule has 1 atom stereocenters. The van der Waals surface area contributed by atoms with E-state index in [0.717, 1.165) is 23.3 Å². The molecular weight excluding hydrogens is 468 g/mol. The van der Waals surface area contributed by atoms with Crippen LogP contribution in [0.2, 0.25) is 0 Å². The zero-order valence-corrected chi connectivity index (χ0v) is 19.0. The molecule has 0 aliphatic carbocycles. The average molecular weight is 489 g/mol. The third-order valence-electron chi connectivity index (χ3n) is 4.64. The van der Waals surface area contributed by atoms with Crippen LogP contribution in [0.1, 0.15) is 24.1 Å². The fourth-order valence-corrected chi connectivity index (χ4v) is 6.83. The summed E-state index contributed by atoms with van der Waals surface area (Å²) in [4.78, 5) is 29.1. The molecule has 168 valence electrons. The second-order valence-corrected chi connectivity index (χ2v) is 10.8. The van der Waals surface area contributed by atoms with Crippen LogP contribution in [0.15, 0.2) is 38.8 Å². The Morgan fingerprint density at radius 3 is 2.84 bits per heavy atom. The van der Waals surface area contributed by atoms with Crippen LogP contribution in [-0.2, 0) is 21.5 Å². The number of nitrogens with zero attached hydrogens (tertiary/aromatic N) is 3. The highest BCUT2D eigenvalue weighted by molar-refractivity contribution is 7.99. The molecule has 0 radical (unpaired) electrons. The van der Waals surface area contributed by atoms with Gasteiger partial charge in [0.1, 0.15) is 16.6 Å².